The first-order valence-electron chi connectivity index (χ1n) is 17.0. The number of oxazole rings is 1. The number of hydrogen-bond donors (Lipinski definition) is 0. The largest absolute Gasteiger partial charge is 0.435 e. The summed E-state index contributed by atoms with van der Waals surface area (Å²) in [5.74, 6) is 2.45. The molecular formula is C46H28N4O. The van der Waals surface area contributed by atoms with Crippen LogP contribution in [0.2, 0.25) is 0 Å². The normalized spacial score (nSPS) is 11.5. The molecule has 0 saturated heterocycles. The summed E-state index contributed by atoms with van der Waals surface area (Å²) in [6.07, 6.45) is 0. The molecule has 0 unspecified atom stereocenters. The van der Waals surface area contributed by atoms with Gasteiger partial charge in [0.15, 0.2) is 23.1 Å². The van der Waals surface area contributed by atoms with Crippen LogP contribution >= 0.6 is 0 Å². The Morgan fingerprint density at radius 2 is 0.882 bits per heavy atom. The Morgan fingerprint density at radius 3 is 1.63 bits per heavy atom. The molecular weight excluding hydrogens is 625 g/mol. The van der Waals surface area contributed by atoms with E-state index in [4.69, 9.17) is 24.4 Å². The minimum atomic E-state index is 0.602. The molecule has 10 aromatic rings. The average Bonchev–Trinajstić information content (AvgIpc) is 3.67. The SMILES string of the molecule is c1ccc(-c2nc(-c3ccc(-c4cccc5ccccc45)cc3)nc(-c3ccc4c(c3)c3ccccc3c3nc(-c5ccccc5)oc43)n2)cc1. The molecule has 0 amide bonds. The molecule has 0 aliphatic heterocycles. The Hall–Kier alpha value is -6.98. The van der Waals surface area contributed by atoms with Gasteiger partial charge in [0, 0.05) is 33.0 Å². The van der Waals surface area contributed by atoms with E-state index in [1.165, 1.54) is 16.3 Å². The van der Waals surface area contributed by atoms with E-state index in [1.54, 1.807) is 0 Å². The van der Waals surface area contributed by atoms with Crippen LogP contribution in [0.25, 0.3) is 100 Å². The summed E-state index contributed by atoms with van der Waals surface area (Å²) >= 11 is 0. The minimum absolute atomic E-state index is 0.602. The number of aromatic nitrogens is 4. The molecule has 10 rings (SSSR count). The maximum atomic E-state index is 6.49. The highest BCUT2D eigenvalue weighted by molar-refractivity contribution is 6.23. The zero-order valence-electron chi connectivity index (χ0n) is 27.4. The van der Waals surface area contributed by atoms with E-state index in [0.29, 0.717) is 23.4 Å². The third-order valence-electron chi connectivity index (χ3n) is 9.55. The summed E-state index contributed by atoms with van der Waals surface area (Å²) in [5.41, 5.74) is 7.64. The third-order valence-corrected chi connectivity index (χ3v) is 9.55. The first kappa shape index (κ1) is 29.0. The maximum absolute atomic E-state index is 6.49. The Morgan fingerprint density at radius 1 is 0.333 bits per heavy atom. The van der Waals surface area contributed by atoms with Crippen LogP contribution in [0.3, 0.4) is 0 Å². The summed E-state index contributed by atoms with van der Waals surface area (Å²) < 4.78 is 6.49. The monoisotopic (exact) mass is 652 g/mol. The van der Waals surface area contributed by atoms with Crippen molar-refractivity contribution in [2.24, 2.45) is 0 Å². The standard InChI is InChI=1S/C46H28N4O/c1-3-13-31(14-4-1)43-48-44(32-24-22-30(23-25-32)36-21-11-17-29-12-7-8-18-35(29)36)50-45(49-43)34-26-27-39-40(28-34)37-19-9-10-20-38(37)41-42(39)51-46(47-41)33-15-5-2-6-16-33/h1-28H. The van der Waals surface area contributed by atoms with Gasteiger partial charge in [0.05, 0.1) is 0 Å². The smallest absolute Gasteiger partial charge is 0.227 e. The van der Waals surface area contributed by atoms with Crippen molar-refractivity contribution >= 4 is 43.4 Å². The van der Waals surface area contributed by atoms with Gasteiger partial charge in [-0.1, -0.05) is 146 Å². The zero-order valence-corrected chi connectivity index (χ0v) is 27.4. The van der Waals surface area contributed by atoms with Gasteiger partial charge in [0.25, 0.3) is 0 Å². The lowest BCUT2D eigenvalue weighted by Gasteiger charge is -2.11. The van der Waals surface area contributed by atoms with Gasteiger partial charge < -0.3 is 4.42 Å². The lowest BCUT2D eigenvalue weighted by atomic mass is 9.97. The second-order valence-electron chi connectivity index (χ2n) is 12.6. The van der Waals surface area contributed by atoms with Crippen molar-refractivity contribution < 1.29 is 4.42 Å². The quantitative estimate of drug-likeness (QED) is 0.173. The van der Waals surface area contributed by atoms with Gasteiger partial charge in [-0.05, 0) is 56.9 Å². The maximum Gasteiger partial charge on any atom is 0.227 e. The first-order chi connectivity index (χ1) is 25.3. The van der Waals surface area contributed by atoms with Crippen LogP contribution < -0.4 is 0 Å². The van der Waals surface area contributed by atoms with E-state index in [0.717, 1.165) is 60.5 Å². The fourth-order valence-corrected chi connectivity index (χ4v) is 7.04. The van der Waals surface area contributed by atoms with Crippen LogP contribution in [0, 0.1) is 0 Å². The van der Waals surface area contributed by atoms with Gasteiger partial charge in [-0.3, -0.25) is 0 Å². The van der Waals surface area contributed by atoms with Gasteiger partial charge >= 0.3 is 0 Å². The molecule has 0 aliphatic carbocycles. The molecule has 51 heavy (non-hydrogen) atoms. The third kappa shape index (κ3) is 5.03. The van der Waals surface area contributed by atoms with Crippen LogP contribution in [-0.2, 0) is 0 Å². The van der Waals surface area contributed by atoms with E-state index < -0.39 is 0 Å². The second kappa shape index (κ2) is 11.9. The lowest BCUT2D eigenvalue weighted by molar-refractivity contribution is 0.623. The van der Waals surface area contributed by atoms with E-state index in [2.05, 4.69) is 103 Å². The molecule has 0 spiro atoms. The van der Waals surface area contributed by atoms with Gasteiger partial charge in [0.1, 0.15) is 5.52 Å². The zero-order chi connectivity index (χ0) is 33.7. The molecule has 2 aromatic heterocycles. The summed E-state index contributed by atoms with van der Waals surface area (Å²) in [4.78, 5) is 20.1. The highest BCUT2D eigenvalue weighted by atomic mass is 16.3. The van der Waals surface area contributed by atoms with Gasteiger partial charge in [-0.15, -0.1) is 0 Å². The van der Waals surface area contributed by atoms with Crippen LogP contribution in [0.4, 0.5) is 0 Å². The molecule has 0 saturated carbocycles. The Kier molecular flexibility index (Phi) is 6.74. The predicted molar refractivity (Wildman–Crippen MR) is 207 cm³/mol. The molecule has 8 aromatic carbocycles. The van der Waals surface area contributed by atoms with E-state index in [-0.39, 0.29) is 0 Å². The van der Waals surface area contributed by atoms with Gasteiger partial charge in [-0.2, -0.15) is 0 Å². The topological polar surface area (TPSA) is 64.7 Å². The first-order valence-corrected chi connectivity index (χ1v) is 17.0. The number of fused-ring (bicyclic) bond motifs is 7. The molecule has 0 atom stereocenters. The number of benzene rings is 8. The predicted octanol–water partition coefficient (Wildman–Crippen LogP) is 11.8. The molecule has 0 bridgehead atoms. The minimum Gasteiger partial charge on any atom is -0.435 e. The van der Waals surface area contributed by atoms with E-state index in [1.807, 2.05) is 66.7 Å². The lowest BCUT2D eigenvalue weighted by Crippen LogP contribution is -2.00. The number of nitrogens with zero attached hydrogens (tertiary/aromatic N) is 4. The van der Waals surface area contributed by atoms with Crippen LogP contribution in [0.5, 0.6) is 0 Å². The second-order valence-corrected chi connectivity index (χ2v) is 12.6. The molecule has 2 heterocycles. The molecule has 0 aliphatic rings. The fraction of sp³-hybridized carbons (Fsp3) is 0. The van der Waals surface area contributed by atoms with Gasteiger partial charge in [-0.25, -0.2) is 19.9 Å². The van der Waals surface area contributed by atoms with Crippen molar-refractivity contribution in [2.45, 2.75) is 0 Å². The van der Waals surface area contributed by atoms with Crippen molar-refractivity contribution in [3.8, 4) is 56.7 Å². The Bertz CT molecular complexity index is 2890. The van der Waals surface area contributed by atoms with E-state index in [9.17, 15) is 0 Å². The summed E-state index contributed by atoms with van der Waals surface area (Å²) in [6.45, 7) is 0. The molecule has 5 heteroatoms. The van der Waals surface area contributed by atoms with Gasteiger partial charge in [0.2, 0.25) is 5.89 Å². The highest BCUT2D eigenvalue weighted by Gasteiger charge is 2.18. The van der Waals surface area contributed by atoms with Crippen molar-refractivity contribution in [3.63, 3.8) is 0 Å². The highest BCUT2D eigenvalue weighted by Crippen LogP contribution is 2.39. The fourth-order valence-electron chi connectivity index (χ4n) is 7.04. The summed E-state index contributed by atoms with van der Waals surface area (Å²) in [5, 5.41) is 6.62. The molecule has 0 N–H and O–H groups in total. The molecule has 238 valence electrons. The Balaban J connectivity index is 1.13. The van der Waals surface area contributed by atoms with Crippen LogP contribution in [-0.4, -0.2) is 19.9 Å². The van der Waals surface area contributed by atoms with Crippen LogP contribution in [0.15, 0.2) is 174 Å². The summed E-state index contributed by atoms with van der Waals surface area (Å²) in [7, 11) is 0. The van der Waals surface area contributed by atoms with Crippen molar-refractivity contribution in [1.82, 2.24) is 19.9 Å². The van der Waals surface area contributed by atoms with Crippen molar-refractivity contribution in [2.75, 3.05) is 0 Å². The number of hydrogen-bond acceptors (Lipinski definition) is 5. The summed E-state index contributed by atoms with van der Waals surface area (Å²) in [6, 6.07) is 58.2. The molecule has 5 nitrogen and oxygen atoms in total. The van der Waals surface area contributed by atoms with Crippen molar-refractivity contribution in [3.05, 3.63) is 170 Å². The van der Waals surface area contributed by atoms with Crippen molar-refractivity contribution in [1.29, 1.82) is 0 Å². The molecule has 0 fully saturated rings. The van der Waals surface area contributed by atoms with Crippen LogP contribution in [0.1, 0.15) is 0 Å². The Labute approximate surface area is 293 Å². The number of rotatable bonds is 5. The average molecular weight is 653 g/mol. The molecule has 0 radical (unpaired) electrons. The van der Waals surface area contributed by atoms with E-state index >= 15 is 0 Å².